The molecule has 0 saturated heterocycles. The van der Waals surface area contributed by atoms with E-state index in [-0.39, 0.29) is 0 Å². The Bertz CT molecular complexity index is 367. The van der Waals surface area contributed by atoms with E-state index in [1.165, 1.54) is 19.3 Å². The summed E-state index contributed by atoms with van der Waals surface area (Å²) in [6, 6.07) is 8.71. The summed E-state index contributed by atoms with van der Waals surface area (Å²) >= 11 is 0. The first kappa shape index (κ1) is 13.2. The second kappa shape index (κ2) is 6.64. The summed E-state index contributed by atoms with van der Waals surface area (Å²) in [6.07, 6.45) is 5.15. The van der Waals surface area contributed by atoms with Gasteiger partial charge in [0.25, 0.3) is 0 Å². The largest absolute Gasteiger partial charge is 0.494 e. The maximum Gasteiger partial charge on any atom is 0.121 e. The van der Waals surface area contributed by atoms with Gasteiger partial charge in [-0.25, -0.2) is 0 Å². The molecule has 1 aliphatic carbocycles. The molecule has 2 unspecified atom stereocenters. The van der Waals surface area contributed by atoms with Crippen LogP contribution in [0.1, 0.15) is 32.6 Å². The molecule has 0 amide bonds. The Balaban J connectivity index is 1.93. The van der Waals surface area contributed by atoms with Gasteiger partial charge < -0.3 is 14.8 Å². The second-order valence-electron chi connectivity index (χ2n) is 4.83. The van der Waals surface area contributed by atoms with Gasteiger partial charge in [-0.1, -0.05) is 6.07 Å². The monoisotopic (exact) mass is 249 g/mol. The van der Waals surface area contributed by atoms with Gasteiger partial charge in [0.15, 0.2) is 0 Å². The Morgan fingerprint density at radius 3 is 3.00 bits per heavy atom. The molecule has 100 valence electrons. The molecule has 1 N–H and O–H groups in total. The van der Waals surface area contributed by atoms with Crippen molar-refractivity contribution in [3.8, 4) is 5.75 Å². The minimum absolute atomic E-state index is 0.409. The summed E-state index contributed by atoms with van der Waals surface area (Å²) in [5.41, 5.74) is 1.14. The number of hydrogen-bond donors (Lipinski definition) is 1. The van der Waals surface area contributed by atoms with Crippen LogP contribution in [0, 0.1) is 0 Å². The molecule has 1 aliphatic rings. The minimum Gasteiger partial charge on any atom is -0.494 e. The van der Waals surface area contributed by atoms with E-state index in [2.05, 4.69) is 17.4 Å². The van der Waals surface area contributed by atoms with Crippen molar-refractivity contribution < 1.29 is 9.47 Å². The molecule has 0 spiro atoms. The molecule has 0 bridgehead atoms. The van der Waals surface area contributed by atoms with Crippen LogP contribution in [0.5, 0.6) is 5.75 Å². The van der Waals surface area contributed by atoms with Crippen molar-refractivity contribution >= 4 is 5.69 Å². The van der Waals surface area contributed by atoms with Crippen LogP contribution >= 0.6 is 0 Å². The molecule has 1 aromatic carbocycles. The third-order valence-electron chi connectivity index (χ3n) is 3.48. The van der Waals surface area contributed by atoms with Crippen molar-refractivity contribution in [3.63, 3.8) is 0 Å². The SMILES string of the molecule is CCOc1cccc(NC2CCCC(OC)C2)c1. The van der Waals surface area contributed by atoms with Crippen molar-refractivity contribution in [2.24, 2.45) is 0 Å². The van der Waals surface area contributed by atoms with Crippen LogP contribution in [0.4, 0.5) is 5.69 Å². The molecule has 1 saturated carbocycles. The minimum atomic E-state index is 0.409. The zero-order valence-corrected chi connectivity index (χ0v) is 11.3. The highest BCUT2D eigenvalue weighted by atomic mass is 16.5. The van der Waals surface area contributed by atoms with Crippen molar-refractivity contribution in [2.45, 2.75) is 44.8 Å². The molecule has 3 nitrogen and oxygen atoms in total. The van der Waals surface area contributed by atoms with Gasteiger partial charge in [-0.3, -0.25) is 0 Å². The fourth-order valence-electron chi connectivity index (χ4n) is 2.57. The lowest BCUT2D eigenvalue weighted by Crippen LogP contribution is -2.30. The topological polar surface area (TPSA) is 30.5 Å². The van der Waals surface area contributed by atoms with E-state index < -0.39 is 0 Å². The molecule has 18 heavy (non-hydrogen) atoms. The first-order valence-electron chi connectivity index (χ1n) is 6.84. The molecule has 0 radical (unpaired) electrons. The Hall–Kier alpha value is -1.22. The van der Waals surface area contributed by atoms with Crippen LogP contribution in [-0.2, 0) is 4.74 Å². The zero-order chi connectivity index (χ0) is 12.8. The van der Waals surface area contributed by atoms with Gasteiger partial charge >= 0.3 is 0 Å². The number of nitrogens with one attached hydrogen (secondary N) is 1. The number of anilines is 1. The Morgan fingerprint density at radius 2 is 2.22 bits per heavy atom. The maximum absolute atomic E-state index is 5.51. The van der Waals surface area contributed by atoms with Crippen LogP contribution < -0.4 is 10.1 Å². The summed E-state index contributed by atoms with van der Waals surface area (Å²) in [4.78, 5) is 0. The lowest BCUT2D eigenvalue weighted by Gasteiger charge is -2.29. The Morgan fingerprint density at radius 1 is 1.33 bits per heavy atom. The molecular weight excluding hydrogens is 226 g/mol. The van der Waals surface area contributed by atoms with Crippen LogP contribution in [0.25, 0.3) is 0 Å². The van der Waals surface area contributed by atoms with Crippen LogP contribution in [0.15, 0.2) is 24.3 Å². The highest BCUT2D eigenvalue weighted by Crippen LogP contribution is 2.25. The number of benzene rings is 1. The predicted molar refractivity (Wildman–Crippen MR) is 74.3 cm³/mol. The fraction of sp³-hybridized carbons (Fsp3) is 0.600. The van der Waals surface area contributed by atoms with Crippen molar-refractivity contribution in [1.29, 1.82) is 0 Å². The molecule has 2 atom stereocenters. The molecule has 0 heterocycles. The lowest BCUT2D eigenvalue weighted by atomic mass is 9.92. The number of hydrogen-bond acceptors (Lipinski definition) is 3. The van der Waals surface area contributed by atoms with Crippen molar-refractivity contribution in [2.75, 3.05) is 19.0 Å². The van der Waals surface area contributed by atoms with Gasteiger partial charge in [-0.05, 0) is 44.7 Å². The highest BCUT2D eigenvalue weighted by Gasteiger charge is 2.21. The van der Waals surface area contributed by atoms with E-state index in [4.69, 9.17) is 9.47 Å². The molecule has 1 aromatic rings. The first-order valence-corrected chi connectivity index (χ1v) is 6.84. The smallest absolute Gasteiger partial charge is 0.121 e. The van der Waals surface area contributed by atoms with Crippen molar-refractivity contribution in [1.82, 2.24) is 0 Å². The van der Waals surface area contributed by atoms with E-state index >= 15 is 0 Å². The highest BCUT2D eigenvalue weighted by molar-refractivity contribution is 5.48. The number of rotatable bonds is 5. The third-order valence-corrected chi connectivity index (χ3v) is 3.48. The zero-order valence-electron chi connectivity index (χ0n) is 11.3. The summed E-state index contributed by atoms with van der Waals surface area (Å²) in [6.45, 7) is 2.71. The van der Waals surface area contributed by atoms with Gasteiger partial charge in [0.2, 0.25) is 0 Å². The average molecular weight is 249 g/mol. The van der Waals surface area contributed by atoms with E-state index in [9.17, 15) is 0 Å². The van der Waals surface area contributed by atoms with Gasteiger partial charge in [0.1, 0.15) is 5.75 Å². The molecule has 3 heteroatoms. The molecule has 0 aliphatic heterocycles. The number of ether oxygens (including phenoxy) is 2. The second-order valence-corrected chi connectivity index (χ2v) is 4.83. The fourth-order valence-corrected chi connectivity index (χ4v) is 2.57. The maximum atomic E-state index is 5.51. The molecular formula is C15H23NO2. The van der Waals surface area contributed by atoms with E-state index in [1.54, 1.807) is 0 Å². The van der Waals surface area contributed by atoms with Crippen LogP contribution in [0.3, 0.4) is 0 Å². The third kappa shape index (κ3) is 3.64. The van der Waals surface area contributed by atoms with E-state index in [0.29, 0.717) is 18.8 Å². The average Bonchev–Trinajstić information content (AvgIpc) is 2.40. The number of methoxy groups -OCH3 is 1. The van der Waals surface area contributed by atoms with Gasteiger partial charge in [-0.2, -0.15) is 0 Å². The van der Waals surface area contributed by atoms with E-state index in [1.807, 2.05) is 26.2 Å². The van der Waals surface area contributed by atoms with Gasteiger partial charge in [0.05, 0.1) is 12.7 Å². The quantitative estimate of drug-likeness (QED) is 0.867. The molecule has 1 fully saturated rings. The summed E-state index contributed by atoms with van der Waals surface area (Å²) < 4.78 is 11.0. The summed E-state index contributed by atoms with van der Waals surface area (Å²) in [5, 5.41) is 3.58. The normalized spacial score (nSPS) is 23.7. The van der Waals surface area contributed by atoms with Gasteiger partial charge in [-0.15, -0.1) is 0 Å². The van der Waals surface area contributed by atoms with Crippen LogP contribution in [0.2, 0.25) is 0 Å². The summed E-state index contributed by atoms with van der Waals surface area (Å²) in [5.74, 6) is 0.932. The molecule has 0 aromatic heterocycles. The van der Waals surface area contributed by atoms with E-state index in [0.717, 1.165) is 17.9 Å². The van der Waals surface area contributed by atoms with Crippen molar-refractivity contribution in [3.05, 3.63) is 24.3 Å². The molecule has 2 rings (SSSR count). The van der Waals surface area contributed by atoms with Gasteiger partial charge in [0, 0.05) is 24.9 Å². The standard InChI is InChI=1S/C15H23NO2/c1-3-18-15-9-5-7-13(11-15)16-12-6-4-8-14(10-12)17-2/h5,7,9,11-12,14,16H,3-4,6,8,10H2,1-2H3. The summed E-state index contributed by atoms with van der Waals surface area (Å²) in [7, 11) is 1.81. The first-order chi connectivity index (χ1) is 8.81. The predicted octanol–water partition coefficient (Wildman–Crippen LogP) is 3.45. The Kier molecular flexibility index (Phi) is 4.88. The van der Waals surface area contributed by atoms with Crippen LogP contribution in [-0.4, -0.2) is 25.9 Å². The Labute approximate surface area is 109 Å². The lowest BCUT2D eigenvalue weighted by molar-refractivity contribution is 0.0669.